The van der Waals surface area contributed by atoms with Crippen LogP contribution in [0, 0.1) is 10.1 Å². The van der Waals surface area contributed by atoms with Gasteiger partial charge in [-0.15, -0.1) is 0 Å². The van der Waals surface area contributed by atoms with E-state index in [0.29, 0.717) is 12.1 Å². The zero-order valence-electron chi connectivity index (χ0n) is 15.2. The molecule has 2 heterocycles. The highest BCUT2D eigenvalue weighted by Crippen LogP contribution is 2.28. The molecule has 0 radical (unpaired) electrons. The molecule has 1 aromatic rings. The van der Waals surface area contributed by atoms with Crippen LogP contribution in [-0.2, 0) is 9.59 Å². The number of nitrogens with two attached hydrogens (primary N) is 1. The van der Waals surface area contributed by atoms with Crippen LogP contribution in [0.1, 0.15) is 12.5 Å². The average molecular weight is 426 g/mol. The lowest BCUT2D eigenvalue weighted by Gasteiger charge is -2.30. The lowest BCUT2D eigenvalue weighted by molar-refractivity contribution is -0.655. The number of likely N-dealkylation sites (N-methyl/N-ethyl adjacent to an activating group) is 1. The Kier molecular flexibility index (Phi) is 7.05. The predicted molar refractivity (Wildman–Crippen MR) is 103 cm³/mol. The topological polar surface area (TPSA) is 112 Å². The van der Waals surface area contributed by atoms with E-state index in [1.165, 1.54) is 23.1 Å². The van der Waals surface area contributed by atoms with E-state index < -0.39 is 16.7 Å². The van der Waals surface area contributed by atoms with E-state index in [1.807, 2.05) is 0 Å². The maximum atomic E-state index is 12.6. The molecule has 0 aliphatic carbocycles. The first-order valence-corrected chi connectivity index (χ1v) is 9.07. The van der Waals surface area contributed by atoms with Crippen molar-refractivity contribution in [3.8, 4) is 0 Å². The summed E-state index contributed by atoms with van der Waals surface area (Å²) in [6, 6.07) is 4.50. The summed E-state index contributed by atoms with van der Waals surface area (Å²) >= 11 is 5.03. The van der Waals surface area contributed by atoms with Crippen molar-refractivity contribution in [2.45, 2.75) is 6.92 Å². The van der Waals surface area contributed by atoms with Gasteiger partial charge in [-0.1, -0.05) is 0 Å². The van der Waals surface area contributed by atoms with Crippen molar-refractivity contribution < 1.29 is 32.2 Å². The van der Waals surface area contributed by atoms with E-state index in [0.717, 1.165) is 31.9 Å². The fourth-order valence-corrected chi connectivity index (χ4v) is 3.49. The lowest BCUT2D eigenvalue weighted by atomic mass is 10.0. The van der Waals surface area contributed by atoms with E-state index in [1.54, 1.807) is 13.0 Å². The molecule has 2 aliphatic heterocycles. The minimum Gasteiger partial charge on any atom is -1.00 e. The number of amides is 2. The number of non-ortho nitro benzene ring substituents is 1. The Hall–Kier alpha value is -2.56. The third-order valence-corrected chi connectivity index (χ3v) is 4.89. The van der Waals surface area contributed by atoms with Gasteiger partial charge in [0, 0.05) is 29.9 Å². The maximum Gasteiger partial charge on any atom is 0.270 e. The van der Waals surface area contributed by atoms with Crippen molar-refractivity contribution >= 4 is 46.6 Å². The molecule has 0 saturated carbocycles. The molecule has 2 saturated heterocycles. The van der Waals surface area contributed by atoms with Gasteiger partial charge in [-0.2, -0.15) is 0 Å². The fraction of sp³-hybridized carbons (Fsp3) is 0.353. The molecule has 11 heteroatoms. The monoisotopic (exact) mass is 425 g/mol. The first-order valence-electron chi connectivity index (χ1n) is 8.66. The summed E-state index contributed by atoms with van der Waals surface area (Å²) < 4.78 is 0. The molecule has 0 spiro atoms. The van der Waals surface area contributed by atoms with Gasteiger partial charge in [0.2, 0.25) is 0 Å². The Balaban J connectivity index is 0.00000280. The number of nitrogens with zero attached hydrogens (tertiary/aromatic N) is 3. The first-order chi connectivity index (χ1) is 12.9. The van der Waals surface area contributed by atoms with Crippen LogP contribution in [0.15, 0.2) is 23.8 Å². The van der Waals surface area contributed by atoms with Crippen LogP contribution in [0.25, 0.3) is 6.08 Å². The van der Waals surface area contributed by atoms with Crippen molar-refractivity contribution in [1.82, 2.24) is 10.2 Å². The summed E-state index contributed by atoms with van der Waals surface area (Å²) in [6.45, 7) is 5.44. The fourth-order valence-electron chi connectivity index (χ4n) is 3.19. The van der Waals surface area contributed by atoms with Gasteiger partial charge < -0.3 is 22.6 Å². The molecule has 150 valence electrons. The number of hydrogen-bond donors (Lipinski definition) is 2. The Labute approximate surface area is 173 Å². The summed E-state index contributed by atoms with van der Waals surface area (Å²) in [4.78, 5) is 39.1. The normalized spacial score (nSPS) is 18.8. The maximum absolute atomic E-state index is 12.6. The molecule has 2 amide bonds. The van der Waals surface area contributed by atoms with Gasteiger partial charge in [-0.05, 0) is 31.3 Å². The van der Waals surface area contributed by atoms with Crippen LogP contribution in [0.5, 0.6) is 0 Å². The number of nitro benzene ring substituents is 1. The van der Waals surface area contributed by atoms with Crippen LogP contribution < -0.4 is 27.9 Å². The molecule has 3 N–H and O–H groups in total. The Morgan fingerprint density at radius 2 is 2.00 bits per heavy atom. The van der Waals surface area contributed by atoms with Crippen LogP contribution in [0.3, 0.4) is 0 Å². The Morgan fingerprint density at radius 1 is 1.32 bits per heavy atom. The third-order valence-electron chi connectivity index (χ3n) is 4.57. The highest BCUT2D eigenvalue weighted by Gasteiger charge is 2.33. The van der Waals surface area contributed by atoms with E-state index in [4.69, 9.17) is 12.2 Å². The van der Waals surface area contributed by atoms with Gasteiger partial charge >= 0.3 is 0 Å². The number of piperazine rings is 1. The van der Waals surface area contributed by atoms with Gasteiger partial charge in [0.15, 0.2) is 5.11 Å². The summed E-state index contributed by atoms with van der Waals surface area (Å²) in [5, 5.41) is 15.9. The van der Waals surface area contributed by atoms with Gasteiger partial charge in [0.1, 0.15) is 5.57 Å². The van der Waals surface area contributed by atoms with Crippen LogP contribution in [0.4, 0.5) is 11.4 Å². The molecular formula is C17H20ClN5O4S. The molecule has 28 heavy (non-hydrogen) atoms. The molecule has 2 aliphatic rings. The molecule has 0 atom stereocenters. The SMILES string of the molecule is CCN1C(=O)/C(=C\c2cc([N+](=O)[O-])ccc2N2CC[NH2+]CC2)C(=O)NC1=S.[Cl-]. The number of thiocarbonyl (C=S) groups is 1. The van der Waals surface area contributed by atoms with Gasteiger partial charge in [-0.25, -0.2) is 0 Å². The number of rotatable bonds is 4. The van der Waals surface area contributed by atoms with E-state index >= 15 is 0 Å². The second-order valence-electron chi connectivity index (χ2n) is 6.22. The van der Waals surface area contributed by atoms with Crippen molar-refractivity contribution in [3.63, 3.8) is 0 Å². The number of nitrogens with one attached hydrogen (secondary N) is 1. The van der Waals surface area contributed by atoms with Crippen LogP contribution >= 0.6 is 12.2 Å². The molecule has 0 unspecified atom stereocenters. The average Bonchev–Trinajstić information content (AvgIpc) is 2.66. The number of benzene rings is 1. The molecule has 0 aromatic heterocycles. The largest absolute Gasteiger partial charge is 1.00 e. The van der Waals surface area contributed by atoms with Gasteiger partial charge in [0.05, 0.1) is 31.1 Å². The highest BCUT2D eigenvalue weighted by atomic mass is 35.5. The number of carbonyl (C=O) groups excluding carboxylic acids is 2. The van der Waals surface area contributed by atoms with Crippen molar-refractivity contribution in [2.24, 2.45) is 0 Å². The van der Waals surface area contributed by atoms with Crippen molar-refractivity contribution in [1.29, 1.82) is 0 Å². The molecule has 2 fully saturated rings. The quantitative estimate of drug-likeness (QED) is 0.171. The van der Waals surface area contributed by atoms with Crippen LogP contribution in [-0.4, -0.2) is 59.5 Å². The Bertz CT molecular complexity index is 854. The predicted octanol–water partition coefficient (Wildman–Crippen LogP) is -3.37. The third kappa shape index (κ3) is 4.29. The molecule has 9 nitrogen and oxygen atoms in total. The van der Waals surface area contributed by atoms with Crippen molar-refractivity contribution in [3.05, 3.63) is 39.4 Å². The summed E-state index contributed by atoms with van der Waals surface area (Å²) in [7, 11) is 0. The summed E-state index contributed by atoms with van der Waals surface area (Å²) in [5.74, 6) is -1.10. The molecule has 1 aromatic carbocycles. The standard InChI is InChI=1S/C17H19N5O4S.ClH/c1-2-21-16(24)13(15(23)19-17(21)27)10-11-9-12(22(25)26)3-4-14(11)20-7-5-18-6-8-20;/h3-4,9-10,18H,2,5-8H2,1H3,(H,19,23,27);1H/b13-10-;. The number of quaternary nitrogens is 1. The molecular weight excluding hydrogens is 406 g/mol. The molecule has 0 bridgehead atoms. The second-order valence-corrected chi connectivity index (χ2v) is 6.61. The minimum atomic E-state index is -0.598. The zero-order chi connectivity index (χ0) is 19.6. The smallest absolute Gasteiger partial charge is 0.270 e. The lowest BCUT2D eigenvalue weighted by Crippen LogP contribution is -3.00. The van der Waals surface area contributed by atoms with E-state index in [-0.39, 0.29) is 28.8 Å². The number of hydrogen-bond acceptors (Lipinski definition) is 6. The first kappa shape index (κ1) is 21.7. The molecule has 3 rings (SSSR count). The van der Waals surface area contributed by atoms with Crippen molar-refractivity contribution in [2.75, 3.05) is 37.6 Å². The van der Waals surface area contributed by atoms with E-state index in [9.17, 15) is 19.7 Å². The highest BCUT2D eigenvalue weighted by molar-refractivity contribution is 7.80. The minimum absolute atomic E-state index is 0. The van der Waals surface area contributed by atoms with E-state index in [2.05, 4.69) is 15.5 Å². The number of nitro groups is 1. The summed E-state index contributed by atoms with van der Waals surface area (Å²) in [5.41, 5.74) is 1.04. The number of halogens is 1. The second kappa shape index (κ2) is 9.09. The number of anilines is 1. The summed E-state index contributed by atoms with van der Waals surface area (Å²) in [6.07, 6.45) is 1.42. The van der Waals surface area contributed by atoms with Crippen LogP contribution in [0.2, 0.25) is 0 Å². The number of carbonyl (C=O) groups is 2. The Morgan fingerprint density at radius 3 is 2.61 bits per heavy atom. The van der Waals surface area contributed by atoms with Gasteiger partial charge in [-0.3, -0.25) is 29.9 Å². The zero-order valence-corrected chi connectivity index (χ0v) is 16.8. The van der Waals surface area contributed by atoms with Gasteiger partial charge in [0.25, 0.3) is 17.5 Å².